The zero-order valence-electron chi connectivity index (χ0n) is 10.7. The van der Waals surface area contributed by atoms with E-state index in [4.69, 9.17) is 0 Å². The number of amides is 1. The minimum absolute atomic E-state index is 0. The predicted molar refractivity (Wildman–Crippen MR) is 76.7 cm³/mol. The van der Waals surface area contributed by atoms with E-state index in [0.717, 1.165) is 30.5 Å². The quantitative estimate of drug-likeness (QED) is 0.830. The zero-order chi connectivity index (χ0) is 12.5. The Morgan fingerprint density at radius 1 is 1.42 bits per heavy atom. The van der Waals surface area contributed by atoms with Crippen molar-refractivity contribution in [2.24, 2.45) is 0 Å². The van der Waals surface area contributed by atoms with Gasteiger partial charge in [0.25, 0.3) is 5.91 Å². The molecule has 1 fully saturated rings. The molecule has 0 aliphatic carbocycles. The van der Waals surface area contributed by atoms with E-state index in [2.05, 4.69) is 22.4 Å². The van der Waals surface area contributed by atoms with E-state index in [9.17, 15) is 4.79 Å². The van der Waals surface area contributed by atoms with Crippen molar-refractivity contribution in [2.75, 3.05) is 19.6 Å². The maximum Gasteiger partial charge on any atom is 0.275 e. The summed E-state index contributed by atoms with van der Waals surface area (Å²) in [4.78, 5) is 14.4. The largest absolute Gasteiger partial charge is 0.332 e. The molecule has 0 radical (unpaired) electrons. The lowest BCUT2D eigenvalue weighted by molar-refractivity contribution is 0.0651. The molecular weight excluding hydrogens is 264 g/mol. The number of nitrogens with zero attached hydrogens (tertiary/aromatic N) is 2. The lowest BCUT2D eigenvalue weighted by atomic mass is 10.1. The normalized spacial score (nSPS) is 19.2. The Kier molecular flexibility index (Phi) is 4.07. The number of hydrogen-bond donors (Lipinski definition) is 2. The van der Waals surface area contributed by atoms with Crippen LogP contribution in [0.3, 0.4) is 0 Å². The van der Waals surface area contributed by atoms with Gasteiger partial charge < -0.3 is 10.2 Å². The summed E-state index contributed by atoms with van der Waals surface area (Å²) in [7, 11) is 0. The van der Waals surface area contributed by atoms with Crippen molar-refractivity contribution in [3.63, 3.8) is 0 Å². The number of carbonyl (C=O) groups excluding carboxylic acids is 1. The molecule has 1 aliphatic rings. The first-order valence-electron chi connectivity index (χ1n) is 6.22. The number of para-hydroxylation sites is 1. The predicted octanol–water partition coefficient (Wildman–Crippen LogP) is 1.42. The summed E-state index contributed by atoms with van der Waals surface area (Å²) >= 11 is 0. The fourth-order valence-electron chi connectivity index (χ4n) is 2.41. The number of rotatable bonds is 1. The molecule has 1 amide bonds. The van der Waals surface area contributed by atoms with Crippen molar-refractivity contribution >= 4 is 29.2 Å². The first-order chi connectivity index (χ1) is 8.77. The van der Waals surface area contributed by atoms with E-state index in [0.29, 0.717) is 5.69 Å². The number of carbonyl (C=O) groups is 1. The number of fused-ring (bicyclic) bond motifs is 1. The second-order valence-corrected chi connectivity index (χ2v) is 4.67. The van der Waals surface area contributed by atoms with Gasteiger partial charge in [-0.05, 0) is 13.0 Å². The summed E-state index contributed by atoms with van der Waals surface area (Å²) in [6.07, 6.45) is 0. The van der Waals surface area contributed by atoms with E-state index in [-0.39, 0.29) is 24.4 Å². The third-order valence-electron chi connectivity index (χ3n) is 3.44. The van der Waals surface area contributed by atoms with Gasteiger partial charge in [0.1, 0.15) is 0 Å². The number of aromatic nitrogens is 2. The Balaban J connectivity index is 0.00000133. The van der Waals surface area contributed by atoms with Gasteiger partial charge in [0.05, 0.1) is 5.52 Å². The van der Waals surface area contributed by atoms with Crippen molar-refractivity contribution in [1.29, 1.82) is 0 Å². The van der Waals surface area contributed by atoms with Crippen LogP contribution in [0.1, 0.15) is 17.4 Å². The van der Waals surface area contributed by atoms with Gasteiger partial charge in [0.15, 0.2) is 5.69 Å². The van der Waals surface area contributed by atoms with E-state index in [1.54, 1.807) is 0 Å². The Bertz CT molecular complexity index is 583. The summed E-state index contributed by atoms with van der Waals surface area (Å²) in [6, 6.07) is 7.93. The van der Waals surface area contributed by atoms with Crippen LogP contribution in [0.4, 0.5) is 0 Å². The number of halogens is 1. The fraction of sp³-hybridized carbons (Fsp3) is 0.385. The molecule has 0 spiro atoms. The van der Waals surface area contributed by atoms with Gasteiger partial charge in [-0.15, -0.1) is 12.4 Å². The van der Waals surface area contributed by atoms with Gasteiger partial charge in [-0.25, -0.2) is 0 Å². The summed E-state index contributed by atoms with van der Waals surface area (Å²) < 4.78 is 0. The molecule has 1 atom stereocenters. The van der Waals surface area contributed by atoms with Gasteiger partial charge in [0.2, 0.25) is 0 Å². The van der Waals surface area contributed by atoms with Gasteiger partial charge >= 0.3 is 0 Å². The molecule has 2 heterocycles. The smallest absolute Gasteiger partial charge is 0.275 e. The average molecular weight is 281 g/mol. The lowest BCUT2D eigenvalue weighted by Crippen LogP contribution is -2.52. The van der Waals surface area contributed by atoms with Crippen LogP contribution in [0.15, 0.2) is 24.3 Å². The molecule has 2 aromatic rings. The Morgan fingerprint density at radius 3 is 3.00 bits per heavy atom. The van der Waals surface area contributed by atoms with Crippen LogP contribution in [0.5, 0.6) is 0 Å². The highest BCUT2D eigenvalue weighted by Crippen LogP contribution is 2.18. The number of benzene rings is 1. The van der Waals surface area contributed by atoms with Gasteiger partial charge in [0, 0.05) is 31.1 Å². The van der Waals surface area contributed by atoms with E-state index >= 15 is 0 Å². The first kappa shape index (κ1) is 13.8. The van der Waals surface area contributed by atoms with Crippen LogP contribution < -0.4 is 5.32 Å². The van der Waals surface area contributed by atoms with Crippen molar-refractivity contribution in [3.05, 3.63) is 30.0 Å². The second kappa shape index (κ2) is 5.59. The molecule has 1 aliphatic heterocycles. The summed E-state index contributed by atoms with van der Waals surface area (Å²) in [6.45, 7) is 4.48. The Labute approximate surface area is 117 Å². The lowest BCUT2D eigenvalue weighted by Gasteiger charge is -2.33. The molecule has 0 bridgehead atoms. The summed E-state index contributed by atoms with van der Waals surface area (Å²) in [5, 5.41) is 11.3. The van der Waals surface area contributed by atoms with Crippen molar-refractivity contribution < 1.29 is 4.79 Å². The monoisotopic (exact) mass is 280 g/mol. The molecule has 19 heavy (non-hydrogen) atoms. The average Bonchev–Trinajstić information content (AvgIpc) is 2.82. The van der Waals surface area contributed by atoms with Crippen molar-refractivity contribution in [1.82, 2.24) is 20.4 Å². The van der Waals surface area contributed by atoms with E-state index in [1.165, 1.54) is 0 Å². The third-order valence-corrected chi connectivity index (χ3v) is 3.44. The Hall–Kier alpha value is -1.59. The highest BCUT2D eigenvalue weighted by atomic mass is 35.5. The molecule has 5 nitrogen and oxygen atoms in total. The standard InChI is InChI=1S/C13H16N4O.ClH/c1-9-8-14-6-7-17(9)13(18)12-10-4-2-3-5-11(10)15-16-12;/h2-5,9,14H,6-8H2,1H3,(H,15,16);1H/t9-;/m0./s1. The van der Waals surface area contributed by atoms with Crippen LogP contribution in [0.2, 0.25) is 0 Å². The van der Waals surface area contributed by atoms with Crippen molar-refractivity contribution in [2.45, 2.75) is 13.0 Å². The highest BCUT2D eigenvalue weighted by molar-refractivity contribution is 6.04. The topological polar surface area (TPSA) is 61.0 Å². The van der Waals surface area contributed by atoms with E-state index in [1.807, 2.05) is 29.2 Å². The van der Waals surface area contributed by atoms with Crippen molar-refractivity contribution in [3.8, 4) is 0 Å². The van der Waals surface area contributed by atoms with Crippen LogP contribution in [0.25, 0.3) is 10.9 Å². The maximum absolute atomic E-state index is 12.5. The number of piperazine rings is 1. The Morgan fingerprint density at radius 2 is 2.21 bits per heavy atom. The van der Waals surface area contributed by atoms with Gasteiger partial charge in [-0.2, -0.15) is 5.10 Å². The molecule has 102 valence electrons. The molecule has 1 aromatic carbocycles. The molecule has 1 aromatic heterocycles. The molecular formula is C13H17ClN4O. The van der Waals surface area contributed by atoms with Gasteiger partial charge in [-0.3, -0.25) is 9.89 Å². The first-order valence-corrected chi connectivity index (χ1v) is 6.22. The molecule has 3 rings (SSSR count). The number of nitrogens with one attached hydrogen (secondary N) is 2. The van der Waals surface area contributed by atoms with E-state index < -0.39 is 0 Å². The van der Waals surface area contributed by atoms with Gasteiger partial charge in [-0.1, -0.05) is 18.2 Å². The van der Waals surface area contributed by atoms with Crippen LogP contribution in [-0.2, 0) is 0 Å². The minimum Gasteiger partial charge on any atom is -0.332 e. The number of hydrogen-bond acceptors (Lipinski definition) is 3. The molecule has 0 saturated carbocycles. The molecule has 0 unspecified atom stereocenters. The highest BCUT2D eigenvalue weighted by Gasteiger charge is 2.26. The zero-order valence-corrected chi connectivity index (χ0v) is 11.5. The van der Waals surface area contributed by atoms with Crippen LogP contribution in [0, 0.1) is 0 Å². The second-order valence-electron chi connectivity index (χ2n) is 4.67. The number of H-pyrrole nitrogens is 1. The summed E-state index contributed by atoms with van der Waals surface area (Å²) in [5.41, 5.74) is 1.43. The molecule has 1 saturated heterocycles. The maximum atomic E-state index is 12.5. The third kappa shape index (κ3) is 2.43. The summed E-state index contributed by atoms with van der Waals surface area (Å²) in [5.74, 6) is 0.0152. The molecule has 6 heteroatoms. The fourth-order valence-corrected chi connectivity index (χ4v) is 2.41. The SMILES string of the molecule is C[C@H]1CNCCN1C(=O)c1n[nH]c2ccccc12.Cl. The minimum atomic E-state index is 0. The molecule has 2 N–H and O–H groups in total. The van der Waals surface area contributed by atoms with Crippen LogP contribution in [-0.4, -0.2) is 46.7 Å². The van der Waals surface area contributed by atoms with Crippen LogP contribution >= 0.6 is 12.4 Å². The number of aromatic amines is 1.